The van der Waals surface area contributed by atoms with Crippen LogP contribution in [0.15, 0.2) is 24.3 Å². The van der Waals surface area contributed by atoms with Gasteiger partial charge in [0.1, 0.15) is 0 Å². The predicted molar refractivity (Wildman–Crippen MR) is 93.0 cm³/mol. The molecule has 23 heavy (non-hydrogen) atoms. The van der Waals surface area contributed by atoms with E-state index in [1.165, 1.54) is 18.4 Å². The maximum Gasteiger partial charge on any atom is 0.318 e. The molecule has 0 fully saturated rings. The lowest BCUT2D eigenvalue weighted by molar-refractivity contribution is -0.121. The number of hydrogen-bond donors (Lipinski definition) is 3. The van der Waals surface area contributed by atoms with Crippen LogP contribution in [0.5, 0.6) is 0 Å². The van der Waals surface area contributed by atoms with Gasteiger partial charge in [0.05, 0.1) is 6.04 Å². The van der Waals surface area contributed by atoms with Gasteiger partial charge in [-0.3, -0.25) is 15.4 Å². The van der Waals surface area contributed by atoms with Crippen molar-refractivity contribution in [3.05, 3.63) is 35.4 Å². The number of carbonyl (C=O) groups excluding carboxylic acids is 2. The van der Waals surface area contributed by atoms with E-state index in [0.29, 0.717) is 5.92 Å². The van der Waals surface area contributed by atoms with Crippen molar-refractivity contribution >= 4 is 11.9 Å². The van der Waals surface area contributed by atoms with Crippen molar-refractivity contribution in [3.63, 3.8) is 0 Å². The molecule has 0 saturated heterocycles. The minimum absolute atomic E-state index is 0.0313. The van der Waals surface area contributed by atoms with E-state index in [4.69, 9.17) is 5.73 Å². The zero-order chi connectivity index (χ0) is 17.4. The van der Waals surface area contributed by atoms with Gasteiger partial charge in [-0.2, -0.15) is 0 Å². The second-order valence-electron chi connectivity index (χ2n) is 6.31. The fraction of sp³-hybridized carbons (Fsp3) is 0.556. The minimum Gasteiger partial charge on any atom is -0.351 e. The zero-order valence-electron chi connectivity index (χ0n) is 14.6. The summed E-state index contributed by atoms with van der Waals surface area (Å²) in [5.74, 6) is -0.108. The highest BCUT2D eigenvalue weighted by Crippen LogP contribution is 2.23. The van der Waals surface area contributed by atoms with Crippen LogP contribution in [0.1, 0.15) is 57.7 Å². The van der Waals surface area contributed by atoms with Gasteiger partial charge in [0.25, 0.3) is 0 Å². The van der Waals surface area contributed by atoms with Crippen molar-refractivity contribution in [3.8, 4) is 0 Å². The Morgan fingerprint density at radius 3 is 2.22 bits per heavy atom. The molecule has 0 aliphatic rings. The summed E-state index contributed by atoms with van der Waals surface area (Å²) in [5.41, 5.74) is 7.46. The lowest BCUT2D eigenvalue weighted by Gasteiger charge is -2.26. The molecule has 5 nitrogen and oxygen atoms in total. The molecule has 0 aliphatic heterocycles. The van der Waals surface area contributed by atoms with Gasteiger partial charge in [0.2, 0.25) is 5.91 Å². The molecule has 128 valence electrons. The summed E-state index contributed by atoms with van der Waals surface area (Å²) in [7, 11) is 0. The normalized spacial score (nSPS) is 13.6. The first-order valence-corrected chi connectivity index (χ1v) is 8.30. The number of amides is 3. The van der Waals surface area contributed by atoms with Crippen LogP contribution in [-0.4, -0.2) is 18.0 Å². The van der Waals surface area contributed by atoms with E-state index in [1.54, 1.807) is 6.92 Å². The molecular weight excluding hydrogens is 290 g/mol. The van der Waals surface area contributed by atoms with Gasteiger partial charge in [-0.1, -0.05) is 51.5 Å². The van der Waals surface area contributed by atoms with Gasteiger partial charge in [0, 0.05) is 6.04 Å². The van der Waals surface area contributed by atoms with Crippen LogP contribution < -0.4 is 16.4 Å². The van der Waals surface area contributed by atoms with Gasteiger partial charge in [-0.05, 0) is 36.8 Å². The van der Waals surface area contributed by atoms with Crippen molar-refractivity contribution in [1.82, 2.24) is 10.6 Å². The summed E-state index contributed by atoms with van der Waals surface area (Å²) in [6.45, 7) is 8.11. The molecule has 1 aromatic rings. The molecule has 2 atom stereocenters. The Morgan fingerprint density at radius 1 is 1.13 bits per heavy atom. The average molecular weight is 319 g/mol. The molecule has 0 spiro atoms. The molecule has 1 rings (SSSR count). The Hall–Kier alpha value is -1.88. The summed E-state index contributed by atoms with van der Waals surface area (Å²) >= 11 is 0. The van der Waals surface area contributed by atoms with Crippen molar-refractivity contribution in [1.29, 1.82) is 0 Å². The quantitative estimate of drug-likeness (QED) is 0.689. The Bertz CT molecular complexity index is 512. The molecule has 0 radical (unpaired) electrons. The highest BCUT2D eigenvalue weighted by molar-refractivity contribution is 5.96. The van der Waals surface area contributed by atoms with Gasteiger partial charge >= 0.3 is 6.03 Å². The summed E-state index contributed by atoms with van der Waals surface area (Å²) in [5, 5.41) is 5.39. The number of imide groups is 1. The highest BCUT2D eigenvalue weighted by atomic mass is 16.2. The van der Waals surface area contributed by atoms with E-state index in [2.05, 4.69) is 55.7 Å². The number of nitrogens with one attached hydrogen (secondary N) is 2. The van der Waals surface area contributed by atoms with E-state index in [0.717, 1.165) is 12.0 Å². The molecule has 3 amide bonds. The van der Waals surface area contributed by atoms with Gasteiger partial charge in [-0.25, -0.2) is 4.79 Å². The SMILES string of the molecule is CCCCc1ccc([C@H](N[C@H](C)C(=O)NC(N)=O)C(C)C)cc1. The number of aryl methyl sites for hydroxylation is 1. The molecular formula is C18H29N3O2. The summed E-state index contributed by atoms with van der Waals surface area (Å²) in [6.07, 6.45) is 3.47. The fourth-order valence-corrected chi connectivity index (χ4v) is 2.52. The fourth-order valence-electron chi connectivity index (χ4n) is 2.52. The van der Waals surface area contributed by atoms with Crippen molar-refractivity contribution in [2.45, 2.75) is 59.0 Å². The van der Waals surface area contributed by atoms with Crippen LogP contribution in [0.25, 0.3) is 0 Å². The van der Waals surface area contributed by atoms with E-state index >= 15 is 0 Å². The third-order valence-electron chi connectivity index (χ3n) is 3.89. The highest BCUT2D eigenvalue weighted by Gasteiger charge is 2.22. The van der Waals surface area contributed by atoms with Crippen molar-refractivity contribution in [2.24, 2.45) is 11.7 Å². The van der Waals surface area contributed by atoms with E-state index < -0.39 is 18.0 Å². The maximum atomic E-state index is 11.8. The third kappa shape index (κ3) is 6.40. The minimum atomic E-state index is -0.829. The van der Waals surface area contributed by atoms with Crippen molar-refractivity contribution in [2.75, 3.05) is 0 Å². The largest absolute Gasteiger partial charge is 0.351 e. The monoisotopic (exact) mass is 319 g/mol. The number of benzene rings is 1. The molecule has 0 heterocycles. The van der Waals surface area contributed by atoms with E-state index in [9.17, 15) is 9.59 Å². The molecule has 5 heteroatoms. The number of unbranched alkanes of at least 4 members (excludes halogenated alkanes) is 1. The van der Waals surface area contributed by atoms with E-state index in [-0.39, 0.29) is 6.04 Å². The lowest BCUT2D eigenvalue weighted by Crippen LogP contribution is -2.48. The van der Waals surface area contributed by atoms with Crippen LogP contribution >= 0.6 is 0 Å². The molecule has 0 unspecified atom stereocenters. The molecule has 4 N–H and O–H groups in total. The summed E-state index contributed by atoms with van der Waals surface area (Å²) < 4.78 is 0. The number of hydrogen-bond acceptors (Lipinski definition) is 3. The molecule has 1 aromatic carbocycles. The Morgan fingerprint density at radius 2 is 1.74 bits per heavy atom. The average Bonchev–Trinajstić information content (AvgIpc) is 2.50. The lowest BCUT2D eigenvalue weighted by atomic mass is 9.94. The second-order valence-corrected chi connectivity index (χ2v) is 6.31. The first-order chi connectivity index (χ1) is 10.8. The molecule has 0 aromatic heterocycles. The van der Waals surface area contributed by atoms with Gasteiger partial charge in [0.15, 0.2) is 0 Å². The van der Waals surface area contributed by atoms with Crippen LogP contribution in [0.4, 0.5) is 4.79 Å². The second kappa shape index (κ2) is 9.30. The first kappa shape index (κ1) is 19.2. The number of rotatable bonds is 8. The number of nitrogens with two attached hydrogens (primary N) is 1. The number of carbonyl (C=O) groups is 2. The number of urea groups is 1. The molecule has 0 aliphatic carbocycles. The van der Waals surface area contributed by atoms with Crippen LogP contribution in [-0.2, 0) is 11.2 Å². The standard InChI is InChI=1S/C18H29N3O2/c1-5-6-7-14-8-10-15(11-9-14)16(12(2)3)20-13(4)17(22)21-18(19)23/h8-13,16,20H,5-7H2,1-4H3,(H3,19,21,22,23)/t13-,16-/m1/s1. The first-order valence-electron chi connectivity index (χ1n) is 8.30. The van der Waals surface area contributed by atoms with E-state index in [1.807, 2.05) is 0 Å². The molecule has 0 bridgehead atoms. The smallest absolute Gasteiger partial charge is 0.318 e. The maximum absolute atomic E-state index is 11.8. The van der Waals surface area contributed by atoms with Crippen molar-refractivity contribution < 1.29 is 9.59 Å². The van der Waals surface area contributed by atoms with Crippen LogP contribution in [0.3, 0.4) is 0 Å². The Balaban J connectivity index is 2.78. The van der Waals surface area contributed by atoms with Gasteiger partial charge < -0.3 is 5.73 Å². The van der Waals surface area contributed by atoms with Gasteiger partial charge in [-0.15, -0.1) is 0 Å². The molecule has 0 saturated carbocycles. The number of primary amides is 1. The Kier molecular flexibility index (Phi) is 7.75. The topological polar surface area (TPSA) is 84.2 Å². The zero-order valence-corrected chi connectivity index (χ0v) is 14.6. The summed E-state index contributed by atoms with van der Waals surface area (Å²) in [6, 6.07) is 7.22. The predicted octanol–water partition coefficient (Wildman–Crippen LogP) is 2.90. The summed E-state index contributed by atoms with van der Waals surface area (Å²) in [4.78, 5) is 22.6. The van der Waals surface area contributed by atoms with Crippen LogP contribution in [0, 0.1) is 5.92 Å². The van der Waals surface area contributed by atoms with Crippen LogP contribution in [0.2, 0.25) is 0 Å². The third-order valence-corrected chi connectivity index (χ3v) is 3.89. The Labute approximate surface area is 139 Å².